The Morgan fingerprint density at radius 3 is 2.41 bits per heavy atom. The van der Waals surface area contributed by atoms with Crippen molar-refractivity contribution in [2.45, 2.75) is 33.2 Å². The summed E-state index contributed by atoms with van der Waals surface area (Å²) in [7, 11) is 1.54. The summed E-state index contributed by atoms with van der Waals surface area (Å²) in [5.41, 5.74) is 6.50. The molecule has 1 heterocycles. The lowest BCUT2D eigenvalue weighted by Crippen LogP contribution is -2.39. The number of aryl methyl sites for hydroxylation is 3. The quantitative estimate of drug-likeness (QED) is 0.529. The van der Waals surface area contributed by atoms with E-state index in [4.69, 9.17) is 5.10 Å². The lowest BCUT2D eigenvalue weighted by molar-refractivity contribution is -0.133. The van der Waals surface area contributed by atoms with Gasteiger partial charge >= 0.3 is 0 Å². The van der Waals surface area contributed by atoms with Gasteiger partial charge in [-0.1, -0.05) is 48.0 Å². The van der Waals surface area contributed by atoms with Crippen LogP contribution in [-0.2, 0) is 4.79 Å². The SMILES string of the molecule is Cc1ccc([C@@H]2CC(c3ccc(C)c(C)c3)=NN2C(=O)CN(C)C(=O)c2cccc(F)c2)cc1. The highest BCUT2D eigenvalue weighted by molar-refractivity contribution is 6.04. The summed E-state index contributed by atoms with van der Waals surface area (Å²) in [4.78, 5) is 27.4. The van der Waals surface area contributed by atoms with Gasteiger partial charge in [0.25, 0.3) is 11.8 Å². The van der Waals surface area contributed by atoms with Crippen molar-refractivity contribution < 1.29 is 14.0 Å². The molecule has 1 aliphatic rings. The standard InChI is InChI=1S/C28H28FN3O2/c1-18-8-11-21(12-9-18)26-16-25(22-13-10-19(2)20(3)14-22)30-32(26)27(33)17-31(4)28(34)23-6-5-7-24(29)15-23/h5-15,26H,16-17H2,1-4H3/t26-/m0/s1. The molecule has 3 aromatic carbocycles. The third-order valence-electron chi connectivity index (χ3n) is 6.26. The first-order valence-electron chi connectivity index (χ1n) is 11.3. The molecule has 0 aliphatic carbocycles. The van der Waals surface area contributed by atoms with Crippen molar-refractivity contribution in [1.82, 2.24) is 9.91 Å². The highest BCUT2D eigenvalue weighted by Gasteiger charge is 2.34. The molecule has 0 radical (unpaired) electrons. The van der Waals surface area contributed by atoms with Crippen LogP contribution >= 0.6 is 0 Å². The van der Waals surface area contributed by atoms with Crippen LogP contribution in [0.4, 0.5) is 4.39 Å². The Labute approximate surface area is 199 Å². The molecule has 0 saturated carbocycles. The summed E-state index contributed by atoms with van der Waals surface area (Å²) in [6.45, 7) is 5.97. The molecule has 1 atom stereocenters. The number of likely N-dealkylation sites (N-methyl/N-ethyl adjacent to an activating group) is 1. The molecular weight excluding hydrogens is 429 g/mol. The van der Waals surface area contributed by atoms with Crippen LogP contribution in [0.2, 0.25) is 0 Å². The van der Waals surface area contributed by atoms with Crippen LogP contribution in [0, 0.1) is 26.6 Å². The van der Waals surface area contributed by atoms with Crippen LogP contribution in [-0.4, -0.2) is 41.0 Å². The topological polar surface area (TPSA) is 53.0 Å². The summed E-state index contributed by atoms with van der Waals surface area (Å²) in [5.74, 6) is -1.21. The average Bonchev–Trinajstić information content (AvgIpc) is 3.26. The minimum Gasteiger partial charge on any atom is -0.332 e. The maximum atomic E-state index is 13.6. The van der Waals surface area contributed by atoms with E-state index in [1.165, 1.54) is 46.8 Å². The molecule has 174 valence electrons. The molecule has 5 nitrogen and oxygen atoms in total. The van der Waals surface area contributed by atoms with E-state index in [9.17, 15) is 14.0 Å². The number of carbonyl (C=O) groups is 2. The van der Waals surface area contributed by atoms with E-state index in [2.05, 4.69) is 26.0 Å². The van der Waals surface area contributed by atoms with Gasteiger partial charge in [0.05, 0.1) is 11.8 Å². The number of nitrogens with zero attached hydrogens (tertiary/aromatic N) is 3. The average molecular weight is 458 g/mol. The predicted octanol–water partition coefficient (Wildman–Crippen LogP) is 5.20. The minimum atomic E-state index is -0.493. The van der Waals surface area contributed by atoms with Crippen molar-refractivity contribution in [2.75, 3.05) is 13.6 Å². The van der Waals surface area contributed by atoms with E-state index in [-0.39, 0.29) is 24.1 Å². The molecule has 3 aromatic rings. The van der Waals surface area contributed by atoms with E-state index in [1.54, 1.807) is 0 Å². The van der Waals surface area contributed by atoms with Gasteiger partial charge in [-0.15, -0.1) is 0 Å². The van der Waals surface area contributed by atoms with Gasteiger partial charge in [0.1, 0.15) is 12.4 Å². The first-order valence-corrected chi connectivity index (χ1v) is 11.3. The van der Waals surface area contributed by atoms with Gasteiger partial charge in [0.15, 0.2) is 0 Å². The Kier molecular flexibility index (Phi) is 6.59. The monoisotopic (exact) mass is 457 g/mol. The Balaban J connectivity index is 1.61. The van der Waals surface area contributed by atoms with E-state index in [1.807, 2.05) is 37.3 Å². The Morgan fingerprint density at radius 1 is 1.00 bits per heavy atom. The lowest BCUT2D eigenvalue weighted by atomic mass is 9.96. The maximum Gasteiger partial charge on any atom is 0.262 e. The second-order valence-electron chi connectivity index (χ2n) is 8.89. The highest BCUT2D eigenvalue weighted by atomic mass is 19.1. The number of amides is 2. The van der Waals surface area contributed by atoms with Gasteiger partial charge in [-0.3, -0.25) is 9.59 Å². The van der Waals surface area contributed by atoms with E-state index in [0.717, 1.165) is 28.0 Å². The van der Waals surface area contributed by atoms with Crippen molar-refractivity contribution in [1.29, 1.82) is 0 Å². The number of hydrogen-bond donors (Lipinski definition) is 0. The number of halogens is 1. The first kappa shape index (κ1) is 23.4. The molecule has 0 aromatic heterocycles. The molecule has 0 N–H and O–H groups in total. The Bertz CT molecular complexity index is 1270. The molecule has 0 saturated heterocycles. The lowest BCUT2D eigenvalue weighted by Gasteiger charge is -2.25. The summed E-state index contributed by atoms with van der Waals surface area (Å²) in [5, 5.41) is 6.20. The van der Waals surface area contributed by atoms with Gasteiger partial charge in [-0.25, -0.2) is 9.40 Å². The van der Waals surface area contributed by atoms with Crippen molar-refractivity contribution in [3.63, 3.8) is 0 Å². The van der Waals surface area contributed by atoms with Crippen LogP contribution in [0.3, 0.4) is 0 Å². The van der Waals surface area contributed by atoms with Crippen LogP contribution < -0.4 is 0 Å². The fourth-order valence-corrected chi connectivity index (χ4v) is 4.07. The van der Waals surface area contributed by atoms with Crippen molar-refractivity contribution in [3.8, 4) is 0 Å². The van der Waals surface area contributed by atoms with E-state index >= 15 is 0 Å². The molecule has 0 bridgehead atoms. The van der Waals surface area contributed by atoms with Crippen LogP contribution in [0.1, 0.15) is 50.6 Å². The van der Waals surface area contributed by atoms with Crippen molar-refractivity contribution >= 4 is 17.5 Å². The van der Waals surface area contributed by atoms with E-state index in [0.29, 0.717) is 6.42 Å². The van der Waals surface area contributed by atoms with Crippen LogP contribution in [0.5, 0.6) is 0 Å². The van der Waals surface area contributed by atoms with Gasteiger partial charge in [0, 0.05) is 19.0 Å². The smallest absolute Gasteiger partial charge is 0.262 e. The Hall–Kier alpha value is -3.80. The zero-order valence-electron chi connectivity index (χ0n) is 19.9. The minimum absolute atomic E-state index is 0.165. The number of benzene rings is 3. The first-order chi connectivity index (χ1) is 16.2. The fraction of sp³-hybridized carbons (Fsp3) is 0.250. The summed E-state index contributed by atoms with van der Waals surface area (Å²) in [6, 6.07) is 19.4. The molecule has 34 heavy (non-hydrogen) atoms. The van der Waals surface area contributed by atoms with E-state index < -0.39 is 11.7 Å². The Morgan fingerprint density at radius 2 is 1.74 bits per heavy atom. The van der Waals surface area contributed by atoms with Gasteiger partial charge < -0.3 is 4.90 Å². The van der Waals surface area contributed by atoms with Crippen molar-refractivity contribution in [2.24, 2.45) is 5.10 Å². The molecule has 0 unspecified atom stereocenters. The normalized spacial score (nSPS) is 15.3. The number of hydrogen-bond acceptors (Lipinski definition) is 3. The zero-order valence-corrected chi connectivity index (χ0v) is 19.9. The predicted molar refractivity (Wildman–Crippen MR) is 131 cm³/mol. The third kappa shape index (κ3) is 4.91. The molecule has 0 spiro atoms. The maximum absolute atomic E-state index is 13.6. The number of rotatable bonds is 5. The molecule has 1 aliphatic heterocycles. The molecule has 0 fully saturated rings. The second-order valence-corrected chi connectivity index (χ2v) is 8.89. The fourth-order valence-electron chi connectivity index (χ4n) is 4.07. The van der Waals surface area contributed by atoms with Gasteiger partial charge in [-0.05, 0) is 67.3 Å². The van der Waals surface area contributed by atoms with Crippen LogP contribution in [0.25, 0.3) is 0 Å². The second kappa shape index (κ2) is 9.59. The highest BCUT2D eigenvalue weighted by Crippen LogP contribution is 2.33. The molecule has 4 rings (SSSR count). The molecule has 6 heteroatoms. The van der Waals surface area contributed by atoms with Gasteiger partial charge in [-0.2, -0.15) is 5.10 Å². The molecule has 2 amide bonds. The number of carbonyl (C=O) groups excluding carboxylic acids is 2. The summed E-state index contributed by atoms with van der Waals surface area (Å²) < 4.78 is 13.6. The van der Waals surface area contributed by atoms with Crippen molar-refractivity contribution in [3.05, 3.63) is 106 Å². The third-order valence-corrected chi connectivity index (χ3v) is 6.26. The number of hydrazone groups is 1. The molecular formula is C28H28FN3O2. The van der Waals surface area contributed by atoms with Crippen LogP contribution in [0.15, 0.2) is 71.8 Å². The summed E-state index contributed by atoms with van der Waals surface area (Å²) in [6.07, 6.45) is 0.582. The largest absolute Gasteiger partial charge is 0.332 e. The summed E-state index contributed by atoms with van der Waals surface area (Å²) >= 11 is 0. The van der Waals surface area contributed by atoms with Gasteiger partial charge in [0.2, 0.25) is 0 Å². The zero-order chi connectivity index (χ0) is 24.4.